The Morgan fingerprint density at radius 2 is 1.55 bits per heavy atom. The van der Waals surface area contributed by atoms with E-state index >= 15 is 0 Å². The van der Waals surface area contributed by atoms with Crippen molar-refractivity contribution >= 4 is 5.95 Å². The van der Waals surface area contributed by atoms with Gasteiger partial charge in [-0.2, -0.15) is 0 Å². The maximum Gasteiger partial charge on any atom is 0.225 e. The number of piperidine rings is 1. The fourth-order valence-electron chi connectivity index (χ4n) is 7.24. The first kappa shape index (κ1) is 23.5. The van der Waals surface area contributed by atoms with Crippen molar-refractivity contribution in [3.63, 3.8) is 0 Å². The molecule has 6 rings (SSSR count). The van der Waals surface area contributed by atoms with Crippen LogP contribution in [0, 0.1) is 5.41 Å². The van der Waals surface area contributed by atoms with Crippen molar-refractivity contribution in [3.8, 4) is 0 Å². The number of hydrogen-bond acceptors (Lipinski definition) is 6. The van der Waals surface area contributed by atoms with Crippen molar-refractivity contribution < 1.29 is 5.11 Å². The topological polar surface area (TPSA) is 55.7 Å². The van der Waals surface area contributed by atoms with Crippen LogP contribution in [0.3, 0.4) is 0 Å². The maximum atomic E-state index is 7.57. The molecule has 6 heteroatoms. The van der Waals surface area contributed by atoms with Crippen LogP contribution in [0.4, 0.5) is 5.95 Å². The van der Waals surface area contributed by atoms with E-state index in [0.717, 1.165) is 17.4 Å². The molecule has 3 aliphatic heterocycles. The summed E-state index contributed by atoms with van der Waals surface area (Å²) < 4.78 is 0. The number of aliphatic hydroxyl groups excluding tert-OH is 1. The lowest BCUT2D eigenvalue weighted by atomic mass is 9.53. The molecule has 2 atom stereocenters. The quantitative estimate of drug-likeness (QED) is 0.739. The zero-order chi connectivity index (χ0) is 23.0. The summed E-state index contributed by atoms with van der Waals surface area (Å²) in [6.07, 6.45) is 16.9. The average Bonchev–Trinajstić information content (AvgIpc) is 3.02. The van der Waals surface area contributed by atoms with Gasteiger partial charge in [0.25, 0.3) is 0 Å². The van der Waals surface area contributed by atoms with E-state index in [4.69, 9.17) is 15.1 Å². The largest absolute Gasteiger partial charge is 0.397 e. The van der Waals surface area contributed by atoms with Gasteiger partial charge in [-0.15, -0.1) is 0 Å². The van der Waals surface area contributed by atoms with E-state index < -0.39 is 0 Å². The number of fused-ring (bicyclic) bond motifs is 2. The zero-order valence-corrected chi connectivity index (χ0v) is 21.1. The smallest absolute Gasteiger partial charge is 0.225 e. The van der Waals surface area contributed by atoms with E-state index in [-0.39, 0.29) is 6.61 Å². The summed E-state index contributed by atoms with van der Waals surface area (Å²) in [5, 5.41) is 7.57. The number of aromatic nitrogens is 2. The van der Waals surface area contributed by atoms with Gasteiger partial charge >= 0.3 is 0 Å². The molecule has 184 valence electrons. The molecule has 4 heterocycles. The maximum absolute atomic E-state index is 7.57. The molecule has 2 saturated carbocycles. The molecule has 5 aliphatic rings. The summed E-state index contributed by atoms with van der Waals surface area (Å²) >= 11 is 0. The van der Waals surface area contributed by atoms with E-state index in [2.05, 4.69) is 40.9 Å². The molecule has 2 bridgehead atoms. The summed E-state index contributed by atoms with van der Waals surface area (Å²) in [4.78, 5) is 17.7. The number of anilines is 1. The molecule has 3 saturated heterocycles. The van der Waals surface area contributed by atoms with Crippen LogP contribution in [-0.2, 0) is 0 Å². The standard InChI is InChI=1S/C25H39N5.C2H6O/c1-18(2)29-16-21-4-5-22(17-29)30(21)24-26-14-20(15-27-24)19-6-10-28(11-7-19)23-12-25(13-23)8-3-9-25;1-2-3/h14-15,18-19,21-23H,3-13,16-17H2,1-2H3;3H,2H2,1H3. The highest BCUT2D eigenvalue weighted by Gasteiger charge is 2.50. The predicted octanol–water partition coefficient (Wildman–Crippen LogP) is 4.05. The first-order chi connectivity index (χ1) is 16.0. The highest BCUT2D eigenvalue weighted by molar-refractivity contribution is 5.38. The van der Waals surface area contributed by atoms with Gasteiger partial charge in [0.1, 0.15) is 0 Å². The Hall–Kier alpha value is -1.24. The number of hydrogen-bond donors (Lipinski definition) is 1. The van der Waals surface area contributed by atoms with Crippen LogP contribution in [0.2, 0.25) is 0 Å². The Morgan fingerprint density at radius 3 is 2.03 bits per heavy atom. The molecule has 1 N–H and O–H groups in total. The third-order valence-corrected chi connectivity index (χ3v) is 9.40. The van der Waals surface area contributed by atoms with Gasteiger partial charge in [0.15, 0.2) is 0 Å². The molecule has 5 fully saturated rings. The van der Waals surface area contributed by atoms with Crippen LogP contribution < -0.4 is 4.90 Å². The fourth-order valence-corrected chi connectivity index (χ4v) is 7.24. The monoisotopic (exact) mass is 455 g/mol. The molecule has 1 aromatic heterocycles. The molecule has 0 radical (unpaired) electrons. The van der Waals surface area contributed by atoms with Crippen molar-refractivity contribution in [3.05, 3.63) is 18.0 Å². The van der Waals surface area contributed by atoms with E-state index in [9.17, 15) is 0 Å². The highest BCUT2D eigenvalue weighted by atomic mass is 16.2. The molecule has 2 unspecified atom stereocenters. The third-order valence-electron chi connectivity index (χ3n) is 9.40. The molecule has 0 aromatic carbocycles. The lowest BCUT2D eigenvalue weighted by Crippen LogP contribution is -2.56. The van der Waals surface area contributed by atoms with E-state index in [1.165, 1.54) is 89.5 Å². The van der Waals surface area contributed by atoms with Gasteiger partial charge in [0, 0.05) is 56.3 Å². The Bertz CT molecular complexity index is 749. The number of nitrogens with zero attached hydrogens (tertiary/aromatic N) is 5. The van der Waals surface area contributed by atoms with E-state index in [0.29, 0.717) is 24.0 Å². The molecular weight excluding hydrogens is 410 g/mol. The molecular formula is C27H45N5O. The van der Waals surface area contributed by atoms with Crippen LogP contribution >= 0.6 is 0 Å². The predicted molar refractivity (Wildman–Crippen MR) is 134 cm³/mol. The number of likely N-dealkylation sites (tertiary alicyclic amines) is 2. The van der Waals surface area contributed by atoms with Crippen molar-refractivity contribution in [1.29, 1.82) is 0 Å². The lowest BCUT2D eigenvalue weighted by molar-refractivity contribution is -0.0611. The van der Waals surface area contributed by atoms with E-state index in [1.807, 2.05) is 0 Å². The summed E-state index contributed by atoms with van der Waals surface area (Å²) in [6, 6.07) is 2.73. The highest BCUT2D eigenvalue weighted by Crippen LogP contribution is 2.57. The van der Waals surface area contributed by atoms with Gasteiger partial charge in [-0.25, -0.2) is 9.97 Å². The second kappa shape index (κ2) is 9.79. The van der Waals surface area contributed by atoms with Crippen molar-refractivity contribution in [2.45, 2.75) is 109 Å². The second-order valence-electron chi connectivity index (χ2n) is 11.7. The zero-order valence-electron chi connectivity index (χ0n) is 21.1. The Kier molecular flexibility index (Phi) is 6.97. The normalized spacial score (nSPS) is 30.2. The van der Waals surface area contributed by atoms with Crippen molar-refractivity contribution in [2.24, 2.45) is 5.41 Å². The molecule has 0 amide bonds. The summed E-state index contributed by atoms with van der Waals surface area (Å²) in [5.74, 6) is 1.63. The Balaban J connectivity index is 0.000000724. The molecule has 1 aromatic rings. The average molecular weight is 456 g/mol. The summed E-state index contributed by atoms with van der Waals surface area (Å²) in [7, 11) is 0. The van der Waals surface area contributed by atoms with Crippen LogP contribution in [0.15, 0.2) is 12.4 Å². The van der Waals surface area contributed by atoms with Crippen LogP contribution in [0.1, 0.15) is 90.0 Å². The van der Waals surface area contributed by atoms with Crippen LogP contribution in [0.5, 0.6) is 0 Å². The molecule has 6 nitrogen and oxygen atoms in total. The summed E-state index contributed by atoms with van der Waals surface area (Å²) in [6.45, 7) is 11.5. The van der Waals surface area contributed by atoms with Gasteiger partial charge in [-0.1, -0.05) is 6.42 Å². The number of rotatable bonds is 4. The molecule has 1 spiro atoms. The van der Waals surface area contributed by atoms with Gasteiger partial charge in [-0.05, 0) is 102 Å². The fraction of sp³-hybridized carbons (Fsp3) is 0.852. The SMILES string of the molecule is CC(C)N1CC2CCC(C1)N2c1ncc(C2CCN(C3CC4(CCC4)C3)CC2)cn1.CCO. The summed E-state index contributed by atoms with van der Waals surface area (Å²) in [5.41, 5.74) is 2.17. The number of aliphatic hydroxyl groups is 1. The van der Waals surface area contributed by atoms with Crippen molar-refractivity contribution in [1.82, 2.24) is 19.8 Å². The van der Waals surface area contributed by atoms with E-state index in [1.54, 1.807) is 6.92 Å². The minimum Gasteiger partial charge on any atom is -0.397 e. The van der Waals surface area contributed by atoms with Gasteiger partial charge < -0.3 is 14.9 Å². The molecule has 33 heavy (non-hydrogen) atoms. The third kappa shape index (κ3) is 4.68. The Morgan fingerprint density at radius 1 is 0.970 bits per heavy atom. The van der Waals surface area contributed by atoms with Gasteiger partial charge in [0.2, 0.25) is 5.95 Å². The minimum absolute atomic E-state index is 0.250. The lowest BCUT2D eigenvalue weighted by Gasteiger charge is -2.58. The Labute approximate surface area is 200 Å². The van der Waals surface area contributed by atoms with Crippen LogP contribution in [0.25, 0.3) is 0 Å². The van der Waals surface area contributed by atoms with Crippen LogP contribution in [-0.4, -0.2) is 81.8 Å². The van der Waals surface area contributed by atoms with Gasteiger partial charge in [0.05, 0.1) is 0 Å². The second-order valence-corrected chi connectivity index (χ2v) is 11.7. The van der Waals surface area contributed by atoms with Crippen molar-refractivity contribution in [2.75, 3.05) is 37.7 Å². The minimum atomic E-state index is 0.250. The van der Waals surface area contributed by atoms with Gasteiger partial charge in [-0.3, -0.25) is 4.90 Å². The number of piperazine rings is 1. The first-order valence-corrected chi connectivity index (χ1v) is 13.7. The molecule has 2 aliphatic carbocycles. The first-order valence-electron chi connectivity index (χ1n) is 13.7.